The minimum atomic E-state index is -1.05. The summed E-state index contributed by atoms with van der Waals surface area (Å²) < 4.78 is 5.42. The lowest BCUT2D eigenvalue weighted by molar-refractivity contribution is 0.0695. The predicted octanol–water partition coefficient (Wildman–Crippen LogP) is 1.34. The summed E-state index contributed by atoms with van der Waals surface area (Å²) in [6.45, 7) is 0.170. The van der Waals surface area contributed by atoms with Crippen LogP contribution in [0.25, 0.3) is 0 Å². The van der Waals surface area contributed by atoms with Gasteiger partial charge in [-0.15, -0.1) is 0 Å². The Hall–Kier alpha value is -2.63. The summed E-state index contributed by atoms with van der Waals surface area (Å²) in [6, 6.07) is 6.93. The molecule has 0 aliphatic rings. The molecule has 0 bridgehead atoms. The second-order valence-electron chi connectivity index (χ2n) is 3.55. The highest BCUT2D eigenvalue weighted by atomic mass is 16.5. The maximum atomic E-state index is 10.6. The van der Waals surface area contributed by atoms with Crippen molar-refractivity contribution in [2.45, 2.75) is 6.61 Å². The van der Waals surface area contributed by atoms with Crippen LogP contribution in [0, 0.1) is 0 Å². The molecule has 2 rings (SSSR count). The Morgan fingerprint density at radius 1 is 1.22 bits per heavy atom. The average Bonchev–Trinajstić information content (AvgIpc) is 2.38. The van der Waals surface area contributed by atoms with E-state index in [0.29, 0.717) is 17.3 Å². The van der Waals surface area contributed by atoms with Crippen molar-refractivity contribution < 1.29 is 14.6 Å². The Balaban J connectivity index is 1.97. The zero-order valence-electron chi connectivity index (χ0n) is 9.41. The minimum Gasteiger partial charge on any atom is -0.486 e. The van der Waals surface area contributed by atoms with Gasteiger partial charge in [-0.3, -0.25) is 0 Å². The van der Waals surface area contributed by atoms with Crippen LogP contribution in [0.3, 0.4) is 0 Å². The molecule has 0 amide bonds. The van der Waals surface area contributed by atoms with Crippen molar-refractivity contribution in [3.63, 3.8) is 0 Å². The van der Waals surface area contributed by atoms with Gasteiger partial charge in [-0.05, 0) is 24.3 Å². The number of carboxylic acids is 1. The van der Waals surface area contributed by atoms with Crippen molar-refractivity contribution >= 4 is 11.7 Å². The molecule has 2 aromatic rings. The molecule has 1 heterocycles. The molecule has 0 aliphatic carbocycles. The number of carboxylic acid groups (broad SMARTS) is 1. The Morgan fingerprint density at radius 2 is 1.83 bits per heavy atom. The molecule has 1 aromatic carbocycles. The predicted molar refractivity (Wildman–Crippen MR) is 64.2 cm³/mol. The summed E-state index contributed by atoms with van der Waals surface area (Å²) in [5, 5.41) is 8.69. The number of carbonyl (C=O) groups is 1. The van der Waals surface area contributed by atoms with Gasteiger partial charge in [0.25, 0.3) is 0 Å². The van der Waals surface area contributed by atoms with Crippen molar-refractivity contribution in [3.8, 4) is 5.75 Å². The van der Waals surface area contributed by atoms with E-state index in [2.05, 4.69) is 9.97 Å². The summed E-state index contributed by atoms with van der Waals surface area (Å²) in [5.74, 6) is 0.00735. The van der Waals surface area contributed by atoms with E-state index in [0.717, 1.165) is 0 Å². The average molecular weight is 245 g/mol. The van der Waals surface area contributed by atoms with E-state index >= 15 is 0 Å². The van der Waals surface area contributed by atoms with Crippen molar-refractivity contribution in [1.29, 1.82) is 0 Å². The monoisotopic (exact) mass is 245 g/mol. The molecule has 92 valence electrons. The van der Waals surface area contributed by atoms with E-state index in [1.807, 2.05) is 0 Å². The number of nitrogens with two attached hydrogens (primary N) is 1. The van der Waals surface area contributed by atoms with E-state index in [1.165, 1.54) is 12.4 Å². The molecule has 6 nitrogen and oxygen atoms in total. The number of nitrogens with zero attached hydrogens (tertiary/aromatic N) is 2. The maximum absolute atomic E-state index is 10.6. The molecule has 3 N–H and O–H groups in total. The topological polar surface area (TPSA) is 98.3 Å². The SMILES string of the molecule is Nc1ccc(OCc2ncc(C(=O)O)cn2)cc1. The quantitative estimate of drug-likeness (QED) is 0.788. The van der Waals surface area contributed by atoms with Crippen molar-refractivity contribution in [1.82, 2.24) is 9.97 Å². The number of nitrogen functional groups attached to an aromatic ring is 1. The lowest BCUT2D eigenvalue weighted by atomic mass is 10.3. The van der Waals surface area contributed by atoms with Gasteiger partial charge in [-0.2, -0.15) is 0 Å². The van der Waals surface area contributed by atoms with Gasteiger partial charge < -0.3 is 15.6 Å². The van der Waals surface area contributed by atoms with Gasteiger partial charge in [0.05, 0.1) is 5.56 Å². The van der Waals surface area contributed by atoms with E-state index in [9.17, 15) is 4.79 Å². The summed E-state index contributed by atoms with van der Waals surface area (Å²) in [4.78, 5) is 18.4. The fourth-order valence-electron chi connectivity index (χ4n) is 1.25. The summed E-state index contributed by atoms with van der Waals surface area (Å²) in [7, 11) is 0. The third kappa shape index (κ3) is 2.94. The summed E-state index contributed by atoms with van der Waals surface area (Å²) in [5.41, 5.74) is 6.25. The molecular weight excluding hydrogens is 234 g/mol. The Labute approximate surface area is 103 Å². The number of aromatic carboxylic acids is 1. The molecule has 0 saturated carbocycles. The van der Waals surface area contributed by atoms with Crippen LogP contribution in [0.5, 0.6) is 5.75 Å². The zero-order valence-corrected chi connectivity index (χ0v) is 9.41. The number of ether oxygens (including phenoxy) is 1. The molecule has 1 aromatic heterocycles. The highest BCUT2D eigenvalue weighted by Gasteiger charge is 2.04. The lowest BCUT2D eigenvalue weighted by Crippen LogP contribution is -2.04. The van der Waals surface area contributed by atoms with Gasteiger partial charge in [0.1, 0.15) is 12.4 Å². The summed E-state index contributed by atoms with van der Waals surface area (Å²) in [6.07, 6.45) is 2.49. The van der Waals surface area contributed by atoms with Crippen LogP contribution in [0.2, 0.25) is 0 Å². The normalized spacial score (nSPS) is 10.0. The molecule has 0 radical (unpaired) electrons. The van der Waals surface area contributed by atoms with Gasteiger partial charge in [-0.1, -0.05) is 0 Å². The van der Waals surface area contributed by atoms with E-state index in [-0.39, 0.29) is 12.2 Å². The zero-order chi connectivity index (χ0) is 13.0. The van der Waals surface area contributed by atoms with Crippen LogP contribution in [0.15, 0.2) is 36.7 Å². The van der Waals surface area contributed by atoms with E-state index < -0.39 is 5.97 Å². The standard InChI is InChI=1S/C12H11N3O3/c13-9-1-3-10(4-2-9)18-7-11-14-5-8(6-15-11)12(16)17/h1-6H,7,13H2,(H,16,17). The first-order valence-electron chi connectivity index (χ1n) is 5.18. The Kier molecular flexibility index (Phi) is 3.38. The van der Waals surface area contributed by atoms with Gasteiger partial charge in [0.2, 0.25) is 0 Å². The third-order valence-corrected chi connectivity index (χ3v) is 2.20. The van der Waals surface area contributed by atoms with Crippen LogP contribution >= 0.6 is 0 Å². The maximum Gasteiger partial charge on any atom is 0.338 e. The van der Waals surface area contributed by atoms with Gasteiger partial charge in [-0.25, -0.2) is 14.8 Å². The molecule has 0 aliphatic heterocycles. The Bertz CT molecular complexity index is 537. The van der Waals surface area contributed by atoms with E-state index in [1.54, 1.807) is 24.3 Å². The molecule has 0 spiro atoms. The van der Waals surface area contributed by atoms with Crippen LogP contribution in [0.1, 0.15) is 16.2 Å². The first-order chi connectivity index (χ1) is 8.65. The molecule has 6 heteroatoms. The van der Waals surface area contributed by atoms with Crippen LogP contribution < -0.4 is 10.5 Å². The fourth-order valence-corrected chi connectivity index (χ4v) is 1.25. The van der Waals surface area contributed by atoms with E-state index in [4.69, 9.17) is 15.6 Å². The largest absolute Gasteiger partial charge is 0.486 e. The van der Waals surface area contributed by atoms with Gasteiger partial charge >= 0.3 is 5.97 Å². The van der Waals surface area contributed by atoms with Crippen LogP contribution in [0.4, 0.5) is 5.69 Å². The second-order valence-corrected chi connectivity index (χ2v) is 3.55. The molecule has 18 heavy (non-hydrogen) atoms. The number of hydrogen-bond donors (Lipinski definition) is 2. The number of aromatic nitrogens is 2. The molecule has 0 fully saturated rings. The molecule has 0 saturated heterocycles. The van der Waals surface area contributed by atoms with Gasteiger partial charge in [0, 0.05) is 18.1 Å². The van der Waals surface area contributed by atoms with Crippen LogP contribution in [-0.4, -0.2) is 21.0 Å². The highest BCUT2D eigenvalue weighted by molar-refractivity contribution is 5.86. The number of benzene rings is 1. The highest BCUT2D eigenvalue weighted by Crippen LogP contribution is 2.14. The molecular formula is C12H11N3O3. The lowest BCUT2D eigenvalue weighted by Gasteiger charge is -2.05. The van der Waals surface area contributed by atoms with Crippen molar-refractivity contribution in [3.05, 3.63) is 48.0 Å². The number of anilines is 1. The summed E-state index contributed by atoms with van der Waals surface area (Å²) >= 11 is 0. The first kappa shape index (κ1) is 11.8. The molecule has 0 atom stereocenters. The molecule has 0 unspecified atom stereocenters. The van der Waals surface area contributed by atoms with Crippen LogP contribution in [-0.2, 0) is 6.61 Å². The minimum absolute atomic E-state index is 0.0474. The second kappa shape index (κ2) is 5.13. The first-order valence-corrected chi connectivity index (χ1v) is 5.18. The van der Waals surface area contributed by atoms with Crippen molar-refractivity contribution in [2.24, 2.45) is 0 Å². The smallest absolute Gasteiger partial charge is 0.338 e. The Morgan fingerprint density at radius 3 is 2.39 bits per heavy atom. The van der Waals surface area contributed by atoms with Crippen molar-refractivity contribution in [2.75, 3.05) is 5.73 Å². The fraction of sp³-hybridized carbons (Fsp3) is 0.0833. The van der Waals surface area contributed by atoms with Gasteiger partial charge in [0.15, 0.2) is 5.82 Å². The number of hydrogen-bond acceptors (Lipinski definition) is 5. The number of rotatable bonds is 4. The third-order valence-electron chi connectivity index (χ3n) is 2.20.